The SMILES string of the molecule is CC1(C)CNC(=O)c2sc(Nc3ccc(I)cc3F)c(C(=O)N3CC[C@H](O)C3)c2C1. The van der Waals surface area contributed by atoms with Gasteiger partial charge in [0.15, 0.2) is 0 Å². The highest BCUT2D eigenvalue weighted by molar-refractivity contribution is 14.1. The van der Waals surface area contributed by atoms with Crippen molar-refractivity contribution in [3.05, 3.63) is 43.6 Å². The summed E-state index contributed by atoms with van der Waals surface area (Å²) in [6, 6.07) is 4.81. The molecule has 160 valence electrons. The lowest BCUT2D eigenvalue weighted by atomic mass is 9.85. The van der Waals surface area contributed by atoms with Crippen molar-refractivity contribution in [3.8, 4) is 0 Å². The Hall–Kier alpha value is -1.72. The van der Waals surface area contributed by atoms with Gasteiger partial charge in [-0.15, -0.1) is 11.3 Å². The number of rotatable bonds is 3. The molecule has 6 nitrogen and oxygen atoms in total. The highest BCUT2D eigenvalue weighted by Gasteiger charge is 2.37. The largest absolute Gasteiger partial charge is 0.391 e. The van der Waals surface area contributed by atoms with Crippen molar-refractivity contribution in [1.29, 1.82) is 0 Å². The molecule has 30 heavy (non-hydrogen) atoms. The lowest BCUT2D eigenvalue weighted by Gasteiger charge is -2.24. The first-order valence-electron chi connectivity index (χ1n) is 9.78. The Bertz CT molecular complexity index is 1020. The summed E-state index contributed by atoms with van der Waals surface area (Å²) >= 11 is 3.21. The third-order valence-electron chi connectivity index (χ3n) is 5.44. The number of nitrogens with one attached hydrogen (secondary N) is 2. The number of aliphatic hydroxyl groups is 1. The normalized spacial score (nSPS) is 20.5. The molecule has 1 aromatic heterocycles. The van der Waals surface area contributed by atoms with Crippen LogP contribution in [0.25, 0.3) is 0 Å². The number of carbonyl (C=O) groups excluding carboxylic acids is 2. The smallest absolute Gasteiger partial charge is 0.261 e. The minimum Gasteiger partial charge on any atom is -0.391 e. The van der Waals surface area contributed by atoms with E-state index in [4.69, 9.17) is 0 Å². The number of halogens is 2. The molecule has 1 atom stereocenters. The molecule has 3 heterocycles. The van der Waals surface area contributed by atoms with Crippen molar-refractivity contribution < 1.29 is 19.1 Å². The van der Waals surface area contributed by atoms with Gasteiger partial charge in [0, 0.05) is 23.2 Å². The molecule has 2 aromatic rings. The number of aliphatic hydroxyl groups excluding tert-OH is 1. The maximum Gasteiger partial charge on any atom is 0.261 e. The van der Waals surface area contributed by atoms with E-state index in [1.165, 1.54) is 17.4 Å². The molecule has 1 fully saturated rings. The van der Waals surface area contributed by atoms with E-state index in [9.17, 15) is 19.1 Å². The molecular weight excluding hydrogens is 520 g/mol. The summed E-state index contributed by atoms with van der Waals surface area (Å²) in [6.45, 7) is 5.31. The standard InChI is InChI=1S/C21H23FIN3O3S/c1-21(2)8-13-16(20(29)26-6-5-12(27)9-26)19(30-17(13)18(28)24-10-21)25-15-4-3-11(23)7-14(15)22/h3-4,7,12,25,27H,5-6,8-10H2,1-2H3,(H,24,28)/t12-/m0/s1. The van der Waals surface area contributed by atoms with E-state index in [-0.39, 0.29) is 29.5 Å². The van der Waals surface area contributed by atoms with Gasteiger partial charge in [-0.25, -0.2) is 4.39 Å². The van der Waals surface area contributed by atoms with Crippen LogP contribution in [0.5, 0.6) is 0 Å². The topological polar surface area (TPSA) is 81.7 Å². The van der Waals surface area contributed by atoms with E-state index in [1.54, 1.807) is 17.0 Å². The van der Waals surface area contributed by atoms with Gasteiger partial charge in [-0.1, -0.05) is 13.8 Å². The molecular formula is C21H23FIN3O3S. The van der Waals surface area contributed by atoms with Crippen molar-refractivity contribution in [2.24, 2.45) is 5.41 Å². The first-order valence-corrected chi connectivity index (χ1v) is 11.7. The average Bonchev–Trinajstić information content (AvgIpc) is 3.22. The summed E-state index contributed by atoms with van der Waals surface area (Å²) in [5.41, 5.74) is 1.13. The number of fused-ring (bicyclic) bond motifs is 1. The van der Waals surface area contributed by atoms with Crippen molar-refractivity contribution in [3.63, 3.8) is 0 Å². The van der Waals surface area contributed by atoms with E-state index in [2.05, 4.69) is 10.6 Å². The summed E-state index contributed by atoms with van der Waals surface area (Å²) in [5, 5.41) is 16.4. The minimum absolute atomic E-state index is 0.216. The molecule has 4 rings (SSSR count). The number of anilines is 2. The zero-order chi connectivity index (χ0) is 21.6. The average molecular weight is 543 g/mol. The van der Waals surface area contributed by atoms with Crippen molar-refractivity contribution in [1.82, 2.24) is 10.2 Å². The summed E-state index contributed by atoms with van der Waals surface area (Å²) in [5.74, 6) is -0.875. The van der Waals surface area contributed by atoms with Crippen LogP contribution in [-0.4, -0.2) is 47.6 Å². The van der Waals surface area contributed by atoms with Crippen LogP contribution in [-0.2, 0) is 6.42 Å². The van der Waals surface area contributed by atoms with Gasteiger partial charge in [0.2, 0.25) is 0 Å². The summed E-state index contributed by atoms with van der Waals surface area (Å²) in [7, 11) is 0. The number of thiophene rings is 1. The van der Waals surface area contributed by atoms with E-state index in [0.717, 1.165) is 3.57 Å². The zero-order valence-electron chi connectivity index (χ0n) is 16.7. The first-order chi connectivity index (χ1) is 14.1. The van der Waals surface area contributed by atoms with Gasteiger partial charge >= 0.3 is 0 Å². The van der Waals surface area contributed by atoms with Crippen LogP contribution in [0.15, 0.2) is 18.2 Å². The lowest BCUT2D eigenvalue weighted by molar-refractivity contribution is 0.0765. The molecule has 9 heteroatoms. The molecule has 1 aromatic carbocycles. The molecule has 2 amide bonds. The van der Waals surface area contributed by atoms with Gasteiger partial charge in [-0.2, -0.15) is 0 Å². The number of amides is 2. The number of carbonyl (C=O) groups is 2. The van der Waals surface area contributed by atoms with E-state index < -0.39 is 11.9 Å². The summed E-state index contributed by atoms with van der Waals surface area (Å²) in [6.07, 6.45) is 0.528. The lowest BCUT2D eigenvalue weighted by Crippen LogP contribution is -2.32. The van der Waals surface area contributed by atoms with E-state index in [1.807, 2.05) is 36.4 Å². The summed E-state index contributed by atoms with van der Waals surface area (Å²) < 4.78 is 15.3. The Balaban J connectivity index is 1.82. The maximum atomic E-state index is 14.5. The van der Waals surface area contributed by atoms with Gasteiger partial charge in [0.1, 0.15) is 10.8 Å². The highest BCUT2D eigenvalue weighted by atomic mass is 127. The molecule has 2 aliphatic heterocycles. The Labute approximate surface area is 192 Å². The fourth-order valence-corrected chi connectivity index (χ4v) is 5.46. The number of hydrogen-bond acceptors (Lipinski definition) is 5. The Morgan fingerprint density at radius 3 is 2.87 bits per heavy atom. The first kappa shape index (κ1) is 21.5. The van der Waals surface area contributed by atoms with Crippen LogP contribution in [0.1, 0.15) is 45.9 Å². The molecule has 2 aliphatic rings. The number of likely N-dealkylation sites (tertiary alicyclic amines) is 1. The molecule has 0 spiro atoms. The molecule has 0 unspecified atom stereocenters. The van der Waals surface area contributed by atoms with Crippen molar-refractivity contribution >= 4 is 56.4 Å². The Morgan fingerprint density at radius 1 is 1.43 bits per heavy atom. The fourth-order valence-electron chi connectivity index (χ4n) is 3.87. The minimum atomic E-state index is -0.545. The Morgan fingerprint density at radius 2 is 2.20 bits per heavy atom. The molecule has 3 N–H and O–H groups in total. The number of hydrogen-bond donors (Lipinski definition) is 3. The van der Waals surface area contributed by atoms with Crippen molar-refractivity contribution in [2.45, 2.75) is 32.8 Å². The summed E-state index contributed by atoms with van der Waals surface area (Å²) in [4.78, 5) is 28.3. The van der Waals surface area contributed by atoms with E-state index >= 15 is 0 Å². The third kappa shape index (κ3) is 4.19. The predicted molar refractivity (Wildman–Crippen MR) is 123 cm³/mol. The third-order valence-corrected chi connectivity index (χ3v) is 7.26. The number of nitrogens with zero attached hydrogens (tertiary/aromatic N) is 1. The monoisotopic (exact) mass is 543 g/mol. The van der Waals surface area contributed by atoms with Gasteiger partial charge < -0.3 is 20.6 Å². The molecule has 0 aliphatic carbocycles. The van der Waals surface area contributed by atoms with Crippen LogP contribution in [0.3, 0.4) is 0 Å². The van der Waals surface area contributed by atoms with Gasteiger partial charge in [-0.3, -0.25) is 9.59 Å². The molecule has 0 radical (unpaired) electrons. The van der Waals surface area contributed by atoms with Crippen LogP contribution in [0.4, 0.5) is 15.1 Å². The number of benzene rings is 1. The predicted octanol–water partition coefficient (Wildman–Crippen LogP) is 3.75. The number of β-amino-alcohol motifs (C(OH)–C–C–N with tert-alkyl or cyclic N) is 1. The van der Waals surface area contributed by atoms with Gasteiger partial charge in [-0.05, 0) is 64.6 Å². The highest BCUT2D eigenvalue weighted by Crippen LogP contribution is 2.41. The molecule has 0 bridgehead atoms. The quantitative estimate of drug-likeness (QED) is 0.516. The Kier molecular flexibility index (Phi) is 5.80. The second-order valence-corrected chi connectivity index (χ2v) is 10.8. The van der Waals surface area contributed by atoms with Crippen LogP contribution in [0, 0.1) is 14.8 Å². The second-order valence-electron chi connectivity index (χ2n) is 8.58. The fraction of sp³-hybridized carbons (Fsp3) is 0.429. The van der Waals surface area contributed by atoms with Crippen LogP contribution < -0.4 is 10.6 Å². The van der Waals surface area contributed by atoms with Gasteiger partial charge in [0.25, 0.3) is 11.8 Å². The molecule has 0 saturated carbocycles. The zero-order valence-corrected chi connectivity index (χ0v) is 19.7. The van der Waals surface area contributed by atoms with Crippen molar-refractivity contribution in [2.75, 3.05) is 25.0 Å². The maximum absolute atomic E-state index is 14.5. The van der Waals surface area contributed by atoms with E-state index in [0.29, 0.717) is 46.9 Å². The van der Waals surface area contributed by atoms with Crippen LogP contribution >= 0.6 is 33.9 Å². The van der Waals surface area contributed by atoms with Gasteiger partial charge in [0.05, 0.1) is 22.2 Å². The molecule has 1 saturated heterocycles. The second kappa shape index (κ2) is 8.08. The van der Waals surface area contributed by atoms with Crippen LogP contribution in [0.2, 0.25) is 0 Å².